The number of ether oxygens (including phenoxy) is 1. The molecule has 0 rings (SSSR count). The molecule has 0 aromatic carbocycles. The van der Waals surface area contributed by atoms with E-state index in [9.17, 15) is 19.2 Å². The van der Waals surface area contributed by atoms with Crippen LogP contribution in [0.15, 0.2) is 12.2 Å². The highest BCUT2D eigenvalue weighted by molar-refractivity contribution is 5.91. The average molecular weight is 260 g/mol. The highest BCUT2D eigenvalue weighted by atomic mass is 16.6. The number of hydrogen-bond acceptors (Lipinski definition) is 5. The predicted molar refractivity (Wildman–Crippen MR) is 55.7 cm³/mol. The first kappa shape index (κ1) is 15.6. The molecule has 0 bridgehead atoms. The molecule has 18 heavy (non-hydrogen) atoms. The second kappa shape index (κ2) is 6.38. The first-order valence-electron chi connectivity index (χ1n) is 4.70. The van der Waals surface area contributed by atoms with Crippen LogP contribution in [-0.4, -0.2) is 45.3 Å². The van der Waals surface area contributed by atoms with Crippen LogP contribution in [0.4, 0.5) is 0 Å². The Morgan fingerprint density at radius 3 is 1.89 bits per heavy atom. The first-order valence-corrected chi connectivity index (χ1v) is 4.70. The Hall–Kier alpha value is -2.38. The topological polar surface area (TPSA) is 138 Å². The lowest BCUT2D eigenvalue weighted by atomic mass is 9.98. The molecule has 0 fully saturated rings. The number of carboxylic acids is 3. The summed E-state index contributed by atoms with van der Waals surface area (Å²) < 4.78 is 4.42. The van der Waals surface area contributed by atoms with E-state index in [0.717, 1.165) is 0 Å². The van der Waals surface area contributed by atoms with Gasteiger partial charge in [-0.25, -0.2) is 9.59 Å². The summed E-state index contributed by atoms with van der Waals surface area (Å²) in [5.74, 6) is -7.90. The molecule has 0 aliphatic rings. The number of hydrogen-bond donors (Lipinski definition) is 3. The van der Waals surface area contributed by atoms with E-state index in [4.69, 9.17) is 15.3 Å². The Morgan fingerprint density at radius 2 is 1.61 bits per heavy atom. The molecule has 0 amide bonds. The van der Waals surface area contributed by atoms with Gasteiger partial charge in [0.25, 0.3) is 0 Å². The number of esters is 1. The van der Waals surface area contributed by atoms with Crippen LogP contribution in [0.5, 0.6) is 0 Å². The van der Waals surface area contributed by atoms with Crippen molar-refractivity contribution in [3.8, 4) is 0 Å². The quantitative estimate of drug-likeness (QED) is 0.420. The van der Waals surface area contributed by atoms with Gasteiger partial charge in [0, 0.05) is 5.57 Å². The van der Waals surface area contributed by atoms with Crippen LogP contribution in [0.3, 0.4) is 0 Å². The average Bonchev–Trinajstić information content (AvgIpc) is 2.21. The Kier molecular flexibility index (Phi) is 5.54. The lowest BCUT2D eigenvalue weighted by molar-refractivity contribution is -0.172. The van der Waals surface area contributed by atoms with Gasteiger partial charge in [-0.2, -0.15) is 0 Å². The molecule has 0 radical (unpaired) electrons. The fraction of sp³-hybridized carbons (Fsp3) is 0.400. The fourth-order valence-electron chi connectivity index (χ4n) is 1.03. The van der Waals surface area contributed by atoms with Gasteiger partial charge in [-0.3, -0.25) is 9.59 Å². The number of carboxylic acid groups (broad SMARTS) is 3. The van der Waals surface area contributed by atoms with E-state index in [-0.39, 0.29) is 5.57 Å². The smallest absolute Gasteiger partial charge is 0.345 e. The van der Waals surface area contributed by atoms with Crippen molar-refractivity contribution < 1.29 is 39.2 Å². The van der Waals surface area contributed by atoms with Crippen LogP contribution in [0, 0.1) is 5.92 Å². The molecule has 0 aliphatic heterocycles. The Morgan fingerprint density at radius 1 is 1.11 bits per heavy atom. The maximum atomic E-state index is 11.1. The summed E-state index contributed by atoms with van der Waals surface area (Å²) in [4.78, 5) is 43.2. The van der Waals surface area contributed by atoms with Crippen molar-refractivity contribution in [1.29, 1.82) is 0 Å². The number of aliphatic carboxylic acids is 3. The summed E-state index contributed by atoms with van der Waals surface area (Å²) in [5.41, 5.74) is -0.124. The van der Waals surface area contributed by atoms with Gasteiger partial charge in [-0.1, -0.05) is 6.58 Å². The van der Waals surface area contributed by atoms with E-state index in [1.807, 2.05) is 0 Å². The van der Waals surface area contributed by atoms with E-state index in [1.54, 1.807) is 0 Å². The maximum absolute atomic E-state index is 11.1. The minimum atomic E-state index is -2.08. The molecule has 8 nitrogen and oxygen atoms in total. The SMILES string of the molecule is C=C(C)C(=O)OC(C(=O)O)C(CC(=O)O)C(=O)O. The molecule has 2 atom stereocenters. The molecule has 8 heteroatoms. The third kappa shape index (κ3) is 4.64. The van der Waals surface area contributed by atoms with Gasteiger partial charge < -0.3 is 20.1 Å². The minimum Gasteiger partial charge on any atom is -0.481 e. The van der Waals surface area contributed by atoms with Crippen molar-refractivity contribution in [3.63, 3.8) is 0 Å². The Labute approximate surface area is 101 Å². The van der Waals surface area contributed by atoms with Crippen molar-refractivity contribution >= 4 is 23.9 Å². The van der Waals surface area contributed by atoms with Crippen LogP contribution < -0.4 is 0 Å². The summed E-state index contributed by atoms with van der Waals surface area (Å²) in [7, 11) is 0. The summed E-state index contributed by atoms with van der Waals surface area (Å²) in [5, 5.41) is 26.0. The Bertz CT molecular complexity index is 397. The molecular weight excluding hydrogens is 248 g/mol. The molecule has 3 N–H and O–H groups in total. The van der Waals surface area contributed by atoms with Gasteiger partial charge in [-0.05, 0) is 6.92 Å². The molecule has 0 saturated heterocycles. The largest absolute Gasteiger partial charge is 0.481 e. The van der Waals surface area contributed by atoms with E-state index in [2.05, 4.69) is 11.3 Å². The van der Waals surface area contributed by atoms with E-state index in [0.29, 0.717) is 0 Å². The molecule has 0 aliphatic carbocycles. The molecular formula is C10H12O8. The molecule has 100 valence electrons. The van der Waals surface area contributed by atoms with E-state index in [1.165, 1.54) is 6.92 Å². The second-order valence-electron chi connectivity index (χ2n) is 3.49. The normalized spacial score (nSPS) is 13.2. The highest BCUT2D eigenvalue weighted by Gasteiger charge is 2.38. The zero-order chi connectivity index (χ0) is 14.5. The highest BCUT2D eigenvalue weighted by Crippen LogP contribution is 2.15. The molecule has 0 heterocycles. The van der Waals surface area contributed by atoms with Crippen LogP contribution in [0.1, 0.15) is 13.3 Å². The van der Waals surface area contributed by atoms with Crippen molar-refractivity contribution in [2.75, 3.05) is 0 Å². The molecule has 0 saturated carbocycles. The van der Waals surface area contributed by atoms with Crippen molar-refractivity contribution in [2.24, 2.45) is 5.92 Å². The monoisotopic (exact) mass is 260 g/mol. The molecule has 2 unspecified atom stereocenters. The number of rotatable bonds is 7. The third-order valence-electron chi connectivity index (χ3n) is 1.90. The summed E-state index contributed by atoms with van der Waals surface area (Å²) in [6, 6.07) is 0. The molecule has 0 spiro atoms. The van der Waals surface area contributed by atoms with Crippen LogP contribution in [0.2, 0.25) is 0 Å². The van der Waals surface area contributed by atoms with Crippen LogP contribution in [-0.2, 0) is 23.9 Å². The zero-order valence-corrected chi connectivity index (χ0v) is 9.45. The van der Waals surface area contributed by atoms with E-state index < -0.39 is 42.3 Å². The number of carbonyl (C=O) groups is 4. The van der Waals surface area contributed by atoms with Crippen molar-refractivity contribution in [1.82, 2.24) is 0 Å². The summed E-state index contributed by atoms with van der Waals surface area (Å²) in [6.07, 6.45) is -3.06. The molecule has 0 aromatic rings. The minimum absolute atomic E-state index is 0.124. The predicted octanol–water partition coefficient (Wildman–Crippen LogP) is -0.266. The van der Waals surface area contributed by atoms with Gasteiger partial charge in [0.2, 0.25) is 6.10 Å². The first-order chi connectivity index (χ1) is 8.16. The third-order valence-corrected chi connectivity index (χ3v) is 1.90. The van der Waals surface area contributed by atoms with Crippen molar-refractivity contribution in [2.45, 2.75) is 19.4 Å². The lowest BCUT2D eigenvalue weighted by Gasteiger charge is -2.19. The standard InChI is InChI=1S/C10H12O8/c1-4(2)10(17)18-7(9(15)16)5(8(13)14)3-6(11)12/h5,7H,1,3H2,2H3,(H,11,12)(H,13,14)(H,15,16). The Balaban J connectivity index is 5.10. The van der Waals surface area contributed by atoms with Gasteiger partial charge in [0.15, 0.2) is 0 Å². The maximum Gasteiger partial charge on any atom is 0.345 e. The van der Waals surface area contributed by atoms with Gasteiger partial charge in [-0.15, -0.1) is 0 Å². The zero-order valence-electron chi connectivity index (χ0n) is 9.45. The van der Waals surface area contributed by atoms with Gasteiger partial charge >= 0.3 is 23.9 Å². The van der Waals surface area contributed by atoms with Gasteiger partial charge in [0.05, 0.1) is 6.42 Å². The van der Waals surface area contributed by atoms with Crippen LogP contribution >= 0.6 is 0 Å². The number of carbonyl (C=O) groups excluding carboxylic acids is 1. The van der Waals surface area contributed by atoms with Crippen molar-refractivity contribution in [3.05, 3.63) is 12.2 Å². The van der Waals surface area contributed by atoms with E-state index >= 15 is 0 Å². The molecule has 0 aromatic heterocycles. The van der Waals surface area contributed by atoms with Crippen LogP contribution in [0.25, 0.3) is 0 Å². The fourth-order valence-corrected chi connectivity index (χ4v) is 1.03. The summed E-state index contributed by atoms with van der Waals surface area (Å²) >= 11 is 0. The lowest BCUT2D eigenvalue weighted by Crippen LogP contribution is -2.40. The summed E-state index contributed by atoms with van der Waals surface area (Å²) in [6.45, 7) is 4.45. The van der Waals surface area contributed by atoms with Gasteiger partial charge in [0.1, 0.15) is 5.92 Å². The second-order valence-corrected chi connectivity index (χ2v) is 3.49.